The van der Waals surface area contributed by atoms with E-state index < -0.39 is 0 Å². The normalized spacial score (nSPS) is 14.5. The molecule has 4 aromatic heterocycles. The first-order valence-electron chi connectivity index (χ1n) is 13.0. The Balaban J connectivity index is 1.32. The van der Waals surface area contributed by atoms with Crippen molar-refractivity contribution in [2.45, 2.75) is 19.8 Å². The zero-order chi connectivity index (χ0) is 27.1. The van der Waals surface area contributed by atoms with E-state index in [9.17, 15) is 4.79 Å². The number of hydrogen-bond acceptors (Lipinski definition) is 8. The Morgan fingerprint density at radius 2 is 1.95 bits per heavy atom. The van der Waals surface area contributed by atoms with Crippen molar-refractivity contribution in [2.75, 3.05) is 45.1 Å². The van der Waals surface area contributed by atoms with E-state index >= 15 is 0 Å². The first kappa shape index (κ1) is 25.2. The highest BCUT2D eigenvalue weighted by Crippen LogP contribution is 2.35. The Labute approximate surface area is 229 Å². The van der Waals surface area contributed by atoms with Crippen molar-refractivity contribution >= 4 is 51.2 Å². The molecular formula is C27H29ClN10O. The number of aryl methyl sites for hydroxylation is 2. The number of carbonyl (C=O) groups is 1. The SMILES string of the molecule is C=CC(=O)N1CCN(CCCc2nc3c(-c4cc5nc(C)[nH]c5cc4Cl)cc4cnc(NC)nc4n3n2)CC1. The first-order chi connectivity index (χ1) is 18.9. The molecule has 0 spiro atoms. The van der Waals surface area contributed by atoms with Crippen LogP contribution in [0.3, 0.4) is 0 Å². The number of rotatable bonds is 7. The van der Waals surface area contributed by atoms with E-state index in [1.165, 1.54) is 6.08 Å². The number of carbonyl (C=O) groups excluding carboxylic acids is 1. The number of amides is 1. The molecule has 5 heterocycles. The molecule has 0 aliphatic carbocycles. The number of H-pyrrole nitrogens is 1. The average molecular weight is 545 g/mol. The second-order valence-corrected chi connectivity index (χ2v) is 10.1. The predicted octanol–water partition coefficient (Wildman–Crippen LogP) is 3.48. The maximum absolute atomic E-state index is 11.9. The van der Waals surface area contributed by atoms with Crippen LogP contribution in [-0.2, 0) is 11.2 Å². The monoisotopic (exact) mass is 544 g/mol. The van der Waals surface area contributed by atoms with Crippen molar-refractivity contribution in [1.82, 2.24) is 44.3 Å². The number of nitrogens with zero attached hydrogens (tertiary/aromatic N) is 8. The van der Waals surface area contributed by atoms with Gasteiger partial charge in [0.25, 0.3) is 0 Å². The predicted molar refractivity (Wildman–Crippen MR) is 152 cm³/mol. The number of imidazole rings is 1. The van der Waals surface area contributed by atoms with Crippen LogP contribution in [0.5, 0.6) is 0 Å². The second-order valence-electron chi connectivity index (χ2n) is 9.69. The number of nitrogens with one attached hydrogen (secondary N) is 2. The highest BCUT2D eigenvalue weighted by atomic mass is 35.5. The van der Waals surface area contributed by atoms with Crippen LogP contribution < -0.4 is 5.32 Å². The van der Waals surface area contributed by atoms with Gasteiger partial charge < -0.3 is 15.2 Å². The Morgan fingerprint density at radius 1 is 1.13 bits per heavy atom. The van der Waals surface area contributed by atoms with Crippen LogP contribution in [0.15, 0.2) is 37.1 Å². The summed E-state index contributed by atoms with van der Waals surface area (Å²) < 4.78 is 1.79. The van der Waals surface area contributed by atoms with Gasteiger partial charge in [-0.25, -0.2) is 15.0 Å². The van der Waals surface area contributed by atoms with Gasteiger partial charge in [-0.05, 0) is 44.2 Å². The van der Waals surface area contributed by atoms with E-state index in [2.05, 4.69) is 36.7 Å². The number of fused-ring (bicyclic) bond motifs is 4. The van der Waals surface area contributed by atoms with Crippen LogP contribution in [0.2, 0.25) is 5.02 Å². The molecule has 11 nitrogen and oxygen atoms in total. The van der Waals surface area contributed by atoms with E-state index in [0.29, 0.717) is 28.7 Å². The Bertz CT molecular complexity index is 1720. The van der Waals surface area contributed by atoms with Gasteiger partial charge in [0.15, 0.2) is 17.1 Å². The van der Waals surface area contributed by atoms with E-state index in [1.54, 1.807) is 17.8 Å². The number of halogens is 1. The maximum atomic E-state index is 11.9. The largest absolute Gasteiger partial charge is 0.357 e. The van der Waals surface area contributed by atoms with E-state index in [1.807, 2.05) is 30.0 Å². The summed E-state index contributed by atoms with van der Waals surface area (Å²) in [6.07, 6.45) is 4.77. The number of aromatic amines is 1. The van der Waals surface area contributed by atoms with Crippen molar-refractivity contribution in [3.63, 3.8) is 0 Å². The lowest BCUT2D eigenvalue weighted by Gasteiger charge is -2.34. The molecule has 0 bridgehead atoms. The molecular weight excluding hydrogens is 516 g/mol. The van der Waals surface area contributed by atoms with Crippen LogP contribution >= 0.6 is 11.6 Å². The molecule has 1 saturated heterocycles. The molecule has 1 aromatic carbocycles. The van der Waals surface area contributed by atoms with Gasteiger partial charge in [-0.15, -0.1) is 5.10 Å². The lowest BCUT2D eigenvalue weighted by atomic mass is 10.0. The van der Waals surface area contributed by atoms with Gasteiger partial charge in [-0.2, -0.15) is 9.50 Å². The van der Waals surface area contributed by atoms with Gasteiger partial charge in [0, 0.05) is 62.4 Å². The highest BCUT2D eigenvalue weighted by molar-refractivity contribution is 6.34. The van der Waals surface area contributed by atoms with E-state index in [-0.39, 0.29) is 5.91 Å². The number of benzene rings is 1. The lowest BCUT2D eigenvalue weighted by Crippen LogP contribution is -2.48. The summed E-state index contributed by atoms with van der Waals surface area (Å²) in [6, 6.07) is 5.89. The Kier molecular flexibility index (Phi) is 6.61. The van der Waals surface area contributed by atoms with Gasteiger partial charge in [-0.3, -0.25) is 9.69 Å². The molecule has 1 aliphatic heterocycles. The minimum Gasteiger partial charge on any atom is -0.357 e. The molecule has 0 radical (unpaired) electrons. The van der Waals surface area contributed by atoms with Crippen molar-refractivity contribution in [1.29, 1.82) is 0 Å². The van der Waals surface area contributed by atoms with Gasteiger partial charge >= 0.3 is 0 Å². The summed E-state index contributed by atoms with van der Waals surface area (Å²) in [5.74, 6) is 2.07. The molecule has 1 amide bonds. The van der Waals surface area contributed by atoms with Gasteiger partial charge in [-0.1, -0.05) is 18.2 Å². The number of pyridine rings is 1. The smallest absolute Gasteiger partial charge is 0.246 e. The fourth-order valence-corrected chi connectivity index (χ4v) is 5.39. The fraction of sp³-hybridized carbons (Fsp3) is 0.333. The summed E-state index contributed by atoms with van der Waals surface area (Å²) in [4.78, 5) is 37.9. The van der Waals surface area contributed by atoms with Crippen molar-refractivity contribution in [3.05, 3.63) is 53.7 Å². The Hall–Kier alpha value is -4.09. The zero-order valence-electron chi connectivity index (χ0n) is 21.9. The summed E-state index contributed by atoms with van der Waals surface area (Å²) >= 11 is 6.78. The van der Waals surface area contributed by atoms with E-state index in [4.69, 9.17) is 21.7 Å². The van der Waals surface area contributed by atoms with Gasteiger partial charge in [0.1, 0.15) is 5.82 Å². The summed E-state index contributed by atoms with van der Waals surface area (Å²) in [5.41, 5.74) is 4.74. The van der Waals surface area contributed by atoms with Crippen LogP contribution in [-0.4, -0.2) is 90.0 Å². The summed E-state index contributed by atoms with van der Waals surface area (Å²) in [7, 11) is 1.79. The molecule has 0 atom stereocenters. The molecule has 200 valence electrons. The molecule has 6 rings (SSSR count). The standard InChI is InChI=1S/C27H29ClN10O/c1-4-24(39)37-10-8-36(9-11-37)7-5-6-23-33-26-19(18-13-21-22(14-20(18)28)32-16(2)31-21)12-17-15-30-27(29-3)34-25(17)38(26)35-23/h4,12-15H,1,5-11H2,2-3H3,(H,31,32)(H,29,30,34). The number of piperazine rings is 1. The highest BCUT2D eigenvalue weighted by Gasteiger charge is 2.21. The molecule has 5 aromatic rings. The molecule has 0 unspecified atom stereocenters. The van der Waals surface area contributed by atoms with Crippen LogP contribution in [0.4, 0.5) is 5.95 Å². The molecule has 2 N–H and O–H groups in total. The second kappa shape index (κ2) is 10.2. The van der Waals surface area contributed by atoms with Crippen LogP contribution in [0.25, 0.3) is 38.8 Å². The molecule has 12 heteroatoms. The first-order valence-corrected chi connectivity index (χ1v) is 13.3. The quantitative estimate of drug-likeness (QED) is 0.299. The van der Waals surface area contributed by atoms with Gasteiger partial charge in [0.2, 0.25) is 11.9 Å². The molecule has 39 heavy (non-hydrogen) atoms. The molecule has 1 aliphatic rings. The number of anilines is 1. The van der Waals surface area contributed by atoms with Crippen LogP contribution in [0, 0.1) is 6.92 Å². The third-order valence-corrected chi connectivity index (χ3v) is 7.44. The Morgan fingerprint density at radius 3 is 2.72 bits per heavy atom. The fourth-order valence-electron chi connectivity index (χ4n) is 5.12. The lowest BCUT2D eigenvalue weighted by molar-refractivity contribution is -0.127. The topological polar surface area (TPSA) is 120 Å². The summed E-state index contributed by atoms with van der Waals surface area (Å²) in [6.45, 7) is 9.56. The van der Waals surface area contributed by atoms with Crippen molar-refractivity contribution in [2.24, 2.45) is 0 Å². The average Bonchev–Trinajstić information content (AvgIpc) is 3.54. The third kappa shape index (κ3) is 4.79. The van der Waals surface area contributed by atoms with Crippen molar-refractivity contribution < 1.29 is 4.79 Å². The van der Waals surface area contributed by atoms with Gasteiger partial charge in [0.05, 0.1) is 16.1 Å². The minimum atomic E-state index is -0.00139. The molecule has 0 saturated carbocycles. The van der Waals surface area contributed by atoms with Crippen LogP contribution in [0.1, 0.15) is 18.1 Å². The summed E-state index contributed by atoms with van der Waals surface area (Å²) in [5, 5.41) is 9.29. The van der Waals surface area contributed by atoms with Crippen molar-refractivity contribution in [3.8, 4) is 11.1 Å². The third-order valence-electron chi connectivity index (χ3n) is 7.12. The zero-order valence-corrected chi connectivity index (χ0v) is 22.7. The van der Waals surface area contributed by atoms with E-state index in [0.717, 1.165) is 78.3 Å². The number of hydrogen-bond donors (Lipinski definition) is 2. The maximum Gasteiger partial charge on any atom is 0.246 e. The molecule has 1 fully saturated rings. The minimum absolute atomic E-state index is 0.00139. The number of aromatic nitrogens is 7.